The predicted molar refractivity (Wildman–Crippen MR) is 94.9 cm³/mol. The van der Waals surface area contributed by atoms with E-state index < -0.39 is 0 Å². The van der Waals surface area contributed by atoms with Crippen molar-refractivity contribution in [3.63, 3.8) is 0 Å². The van der Waals surface area contributed by atoms with Crippen LogP contribution < -0.4 is 15.0 Å². The van der Waals surface area contributed by atoms with Gasteiger partial charge in [-0.15, -0.1) is 21.5 Å². The normalized spacial score (nSPS) is 17.4. The van der Waals surface area contributed by atoms with Gasteiger partial charge in [-0.05, 0) is 36.4 Å². The molecule has 3 heterocycles. The minimum atomic E-state index is -0.0835. The highest BCUT2D eigenvalue weighted by molar-refractivity contribution is 7.14. The highest BCUT2D eigenvalue weighted by Crippen LogP contribution is 2.20. The second-order valence-electron chi connectivity index (χ2n) is 5.86. The number of carbonyl (C=O) groups is 1. The molecule has 2 aromatic rings. The Morgan fingerprint density at radius 1 is 1.38 bits per heavy atom. The topological polar surface area (TPSA) is 70.6 Å². The molecule has 1 aliphatic heterocycles. The van der Waals surface area contributed by atoms with Gasteiger partial charge in [0.2, 0.25) is 5.88 Å². The lowest BCUT2D eigenvalue weighted by molar-refractivity contribution is 0.102. The number of nitrogens with zero attached hydrogens (tertiary/aromatic N) is 4. The number of anilines is 2. The first-order valence-corrected chi connectivity index (χ1v) is 8.77. The lowest BCUT2D eigenvalue weighted by Crippen LogP contribution is -2.46. The molecular weight excluding hydrogens is 326 g/mol. The van der Waals surface area contributed by atoms with Crippen LogP contribution >= 0.6 is 11.3 Å². The van der Waals surface area contributed by atoms with Gasteiger partial charge in [-0.25, -0.2) is 4.79 Å². The van der Waals surface area contributed by atoms with Gasteiger partial charge in [-0.1, -0.05) is 0 Å². The lowest BCUT2D eigenvalue weighted by Gasteiger charge is -2.32. The van der Waals surface area contributed by atoms with E-state index in [4.69, 9.17) is 4.74 Å². The zero-order chi connectivity index (χ0) is 16.9. The Balaban J connectivity index is 1.56. The Kier molecular flexibility index (Phi) is 5.14. The summed E-state index contributed by atoms with van der Waals surface area (Å²) in [5.74, 6) is 1.27. The number of hydrogen-bond donors (Lipinski definition) is 1. The van der Waals surface area contributed by atoms with Crippen LogP contribution in [0.5, 0.6) is 5.88 Å². The van der Waals surface area contributed by atoms with Crippen molar-refractivity contribution in [3.05, 3.63) is 29.6 Å². The second-order valence-corrected chi connectivity index (χ2v) is 6.81. The zero-order valence-corrected chi connectivity index (χ0v) is 14.6. The van der Waals surface area contributed by atoms with Gasteiger partial charge in [0.25, 0.3) is 0 Å². The fraction of sp³-hybridized carbons (Fsp3) is 0.438. The smallest absolute Gasteiger partial charge is 0.322 e. The first-order valence-electron chi connectivity index (χ1n) is 7.89. The molecule has 0 spiro atoms. The number of likely N-dealkylation sites (tertiary alicyclic amines) is 1. The Morgan fingerprint density at radius 2 is 2.25 bits per heavy atom. The summed E-state index contributed by atoms with van der Waals surface area (Å²) >= 11 is 1.51. The van der Waals surface area contributed by atoms with E-state index in [9.17, 15) is 4.79 Å². The molecule has 1 atom stereocenters. The highest BCUT2D eigenvalue weighted by Gasteiger charge is 2.25. The predicted octanol–water partition coefficient (Wildman–Crippen LogP) is 2.68. The van der Waals surface area contributed by atoms with Crippen LogP contribution in [0.15, 0.2) is 29.6 Å². The number of urea groups is 1. The molecule has 0 aliphatic carbocycles. The standard InChI is InChI=1S/C16H21N5O2S/c1-20(2)13-7-8-14(19-18-13)23-12-5-3-9-21(11-12)16(22)17-15-6-4-10-24-15/h4,6-8,10,12H,3,5,9,11H2,1-2H3,(H,17,22). The van der Waals surface area contributed by atoms with E-state index >= 15 is 0 Å². The van der Waals surface area contributed by atoms with Crippen molar-refractivity contribution in [3.8, 4) is 5.88 Å². The van der Waals surface area contributed by atoms with Gasteiger partial charge in [0.15, 0.2) is 5.82 Å². The lowest BCUT2D eigenvalue weighted by atomic mass is 10.1. The molecule has 128 valence electrons. The summed E-state index contributed by atoms with van der Waals surface area (Å²) in [5, 5.41) is 13.9. The number of amides is 2. The van der Waals surface area contributed by atoms with E-state index in [1.807, 2.05) is 48.6 Å². The molecule has 8 heteroatoms. The summed E-state index contributed by atoms with van der Waals surface area (Å²) in [6, 6.07) is 7.40. The van der Waals surface area contributed by atoms with E-state index in [0.29, 0.717) is 12.4 Å². The van der Waals surface area contributed by atoms with Crippen LogP contribution in [0.3, 0.4) is 0 Å². The average Bonchev–Trinajstić information content (AvgIpc) is 3.08. The molecule has 1 N–H and O–H groups in total. The highest BCUT2D eigenvalue weighted by atomic mass is 32.1. The van der Waals surface area contributed by atoms with E-state index in [0.717, 1.165) is 30.2 Å². The summed E-state index contributed by atoms with van der Waals surface area (Å²) in [6.45, 7) is 1.29. The maximum Gasteiger partial charge on any atom is 0.322 e. The number of carbonyl (C=O) groups excluding carboxylic acids is 1. The number of piperidine rings is 1. The van der Waals surface area contributed by atoms with Crippen LogP contribution in [0.1, 0.15) is 12.8 Å². The van der Waals surface area contributed by atoms with Crippen molar-refractivity contribution in [1.29, 1.82) is 0 Å². The molecule has 2 aromatic heterocycles. The third-order valence-corrected chi connectivity index (χ3v) is 4.57. The maximum atomic E-state index is 12.3. The van der Waals surface area contributed by atoms with E-state index in [2.05, 4.69) is 15.5 Å². The Labute approximate surface area is 145 Å². The van der Waals surface area contributed by atoms with Crippen LogP contribution in [-0.4, -0.2) is 54.4 Å². The van der Waals surface area contributed by atoms with Crippen molar-refractivity contribution < 1.29 is 9.53 Å². The summed E-state index contributed by atoms with van der Waals surface area (Å²) in [5.41, 5.74) is 0. The zero-order valence-electron chi connectivity index (χ0n) is 13.8. The van der Waals surface area contributed by atoms with Crippen molar-refractivity contribution in [2.75, 3.05) is 37.4 Å². The second kappa shape index (κ2) is 7.48. The molecule has 2 amide bonds. The quantitative estimate of drug-likeness (QED) is 0.921. The average molecular weight is 347 g/mol. The molecule has 1 unspecified atom stereocenters. The Hall–Kier alpha value is -2.35. The number of nitrogens with one attached hydrogen (secondary N) is 1. The van der Waals surface area contributed by atoms with Crippen molar-refractivity contribution in [1.82, 2.24) is 15.1 Å². The van der Waals surface area contributed by atoms with Crippen molar-refractivity contribution in [2.45, 2.75) is 18.9 Å². The Bertz CT molecular complexity index is 660. The van der Waals surface area contributed by atoms with E-state index in [-0.39, 0.29) is 12.1 Å². The molecule has 1 aliphatic rings. The van der Waals surface area contributed by atoms with Gasteiger partial charge in [0.1, 0.15) is 6.10 Å². The molecule has 24 heavy (non-hydrogen) atoms. The first-order chi connectivity index (χ1) is 11.6. The minimum Gasteiger partial charge on any atom is -0.471 e. The fourth-order valence-corrected chi connectivity index (χ4v) is 3.15. The minimum absolute atomic E-state index is 0.0626. The fourth-order valence-electron chi connectivity index (χ4n) is 2.54. The van der Waals surface area contributed by atoms with Crippen LogP contribution in [0, 0.1) is 0 Å². The largest absolute Gasteiger partial charge is 0.471 e. The van der Waals surface area contributed by atoms with Crippen molar-refractivity contribution in [2.24, 2.45) is 0 Å². The van der Waals surface area contributed by atoms with E-state index in [1.54, 1.807) is 4.90 Å². The van der Waals surface area contributed by atoms with Gasteiger partial charge in [-0.3, -0.25) is 5.32 Å². The molecule has 7 nitrogen and oxygen atoms in total. The summed E-state index contributed by atoms with van der Waals surface area (Å²) in [4.78, 5) is 16.0. The van der Waals surface area contributed by atoms with Crippen LogP contribution in [0.4, 0.5) is 15.6 Å². The SMILES string of the molecule is CN(C)c1ccc(OC2CCCN(C(=O)Nc3cccs3)C2)nn1. The maximum absolute atomic E-state index is 12.3. The molecule has 0 saturated carbocycles. The first kappa shape index (κ1) is 16.5. The van der Waals surface area contributed by atoms with Gasteiger partial charge in [0.05, 0.1) is 11.5 Å². The monoisotopic (exact) mass is 347 g/mol. The van der Waals surface area contributed by atoms with Crippen LogP contribution in [0.2, 0.25) is 0 Å². The third-order valence-electron chi connectivity index (χ3n) is 3.79. The number of ether oxygens (including phenoxy) is 1. The molecule has 0 aromatic carbocycles. The molecule has 3 rings (SSSR count). The summed E-state index contributed by atoms with van der Waals surface area (Å²) in [6.07, 6.45) is 1.75. The molecule has 0 bridgehead atoms. The third kappa shape index (κ3) is 4.14. The molecule has 0 radical (unpaired) electrons. The molecule has 1 saturated heterocycles. The summed E-state index contributed by atoms with van der Waals surface area (Å²) < 4.78 is 5.89. The van der Waals surface area contributed by atoms with Gasteiger partial charge in [0, 0.05) is 26.7 Å². The number of rotatable bonds is 4. The van der Waals surface area contributed by atoms with Gasteiger partial charge < -0.3 is 14.5 Å². The number of hydrogen-bond acceptors (Lipinski definition) is 6. The van der Waals surface area contributed by atoms with Crippen LogP contribution in [0.25, 0.3) is 0 Å². The van der Waals surface area contributed by atoms with E-state index in [1.165, 1.54) is 11.3 Å². The Morgan fingerprint density at radius 3 is 2.92 bits per heavy atom. The molecule has 1 fully saturated rings. The number of thiophene rings is 1. The summed E-state index contributed by atoms with van der Waals surface area (Å²) in [7, 11) is 3.82. The van der Waals surface area contributed by atoms with Crippen LogP contribution in [-0.2, 0) is 0 Å². The number of aromatic nitrogens is 2. The molecular formula is C16H21N5O2S. The van der Waals surface area contributed by atoms with Gasteiger partial charge in [-0.2, -0.15) is 0 Å². The van der Waals surface area contributed by atoms with Crippen molar-refractivity contribution >= 4 is 28.2 Å². The van der Waals surface area contributed by atoms with Gasteiger partial charge >= 0.3 is 6.03 Å².